The Balaban J connectivity index is 1.91. The number of hydrogen-bond acceptors (Lipinski definition) is 5. The highest BCUT2D eigenvalue weighted by molar-refractivity contribution is 5.98. The summed E-state index contributed by atoms with van der Waals surface area (Å²) in [5, 5.41) is 2.86. The van der Waals surface area contributed by atoms with Gasteiger partial charge in [0, 0.05) is 24.8 Å². The Kier molecular flexibility index (Phi) is 5.31. The van der Waals surface area contributed by atoms with Crippen molar-refractivity contribution in [1.29, 1.82) is 0 Å². The molecule has 1 N–H and O–H groups in total. The summed E-state index contributed by atoms with van der Waals surface area (Å²) in [7, 11) is 1.92. The zero-order valence-corrected chi connectivity index (χ0v) is 15.1. The zero-order chi connectivity index (χ0) is 18.5. The topological polar surface area (TPSA) is 71.3 Å². The molecule has 1 amide bonds. The molecular weight excluding hydrogens is 328 g/mol. The molecule has 0 spiro atoms. The van der Waals surface area contributed by atoms with Crippen LogP contribution in [0.4, 0.5) is 5.82 Å². The van der Waals surface area contributed by atoms with Crippen molar-refractivity contribution in [3.8, 4) is 11.4 Å². The first kappa shape index (κ1) is 17.7. The molecule has 0 fully saturated rings. The molecule has 3 rings (SSSR count). The minimum atomic E-state index is -0.233. The molecule has 0 aliphatic heterocycles. The van der Waals surface area contributed by atoms with E-state index in [1.807, 2.05) is 48.3 Å². The standard InChI is InChI=1S/C20H22N4O2/c1-14(2)24(3)19-17(20(25)22-12-16-10-7-11-26-16)13-21-18(23-19)15-8-5-4-6-9-15/h4-11,13-14H,12H2,1-3H3,(H,22,25). The number of nitrogens with zero attached hydrogens (tertiary/aromatic N) is 3. The number of aromatic nitrogens is 2. The molecule has 0 aliphatic carbocycles. The number of nitrogens with one attached hydrogen (secondary N) is 1. The number of hydrogen-bond donors (Lipinski definition) is 1. The van der Waals surface area contributed by atoms with Gasteiger partial charge in [-0.25, -0.2) is 9.97 Å². The molecule has 6 heteroatoms. The van der Waals surface area contributed by atoms with E-state index in [9.17, 15) is 4.79 Å². The molecule has 0 saturated carbocycles. The van der Waals surface area contributed by atoms with Crippen LogP contribution in [0.5, 0.6) is 0 Å². The van der Waals surface area contributed by atoms with Crippen LogP contribution in [0.1, 0.15) is 30.0 Å². The van der Waals surface area contributed by atoms with Crippen molar-refractivity contribution in [2.45, 2.75) is 26.4 Å². The van der Waals surface area contributed by atoms with Crippen molar-refractivity contribution in [3.63, 3.8) is 0 Å². The van der Waals surface area contributed by atoms with Gasteiger partial charge in [-0.15, -0.1) is 0 Å². The van der Waals surface area contributed by atoms with Gasteiger partial charge in [0.1, 0.15) is 17.1 Å². The fourth-order valence-electron chi connectivity index (χ4n) is 2.45. The minimum Gasteiger partial charge on any atom is -0.467 e. The smallest absolute Gasteiger partial charge is 0.256 e. The molecule has 0 saturated heterocycles. The number of rotatable bonds is 6. The predicted octanol–water partition coefficient (Wildman–Crippen LogP) is 3.51. The van der Waals surface area contributed by atoms with E-state index in [1.54, 1.807) is 18.5 Å². The molecule has 134 valence electrons. The number of anilines is 1. The monoisotopic (exact) mass is 350 g/mol. The predicted molar refractivity (Wildman–Crippen MR) is 101 cm³/mol. The molecule has 0 aliphatic rings. The van der Waals surface area contributed by atoms with Crippen molar-refractivity contribution in [3.05, 3.63) is 66.2 Å². The van der Waals surface area contributed by atoms with Crippen molar-refractivity contribution in [2.75, 3.05) is 11.9 Å². The molecule has 0 radical (unpaired) electrons. The van der Waals surface area contributed by atoms with Crippen LogP contribution in [-0.2, 0) is 6.54 Å². The van der Waals surface area contributed by atoms with Crippen molar-refractivity contribution in [2.24, 2.45) is 0 Å². The van der Waals surface area contributed by atoms with Crippen LogP contribution < -0.4 is 10.2 Å². The Bertz CT molecular complexity index is 861. The number of carbonyl (C=O) groups is 1. The number of amides is 1. The summed E-state index contributed by atoms with van der Waals surface area (Å²) < 4.78 is 5.26. The Morgan fingerprint density at radius 1 is 1.19 bits per heavy atom. The van der Waals surface area contributed by atoms with Gasteiger partial charge < -0.3 is 14.6 Å². The molecule has 0 unspecified atom stereocenters. The third kappa shape index (κ3) is 3.91. The van der Waals surface area contributed by atoms with E-state index < -0.39 is 0 Å². The van der Waals surface area contributed by atoms with Crippen LogP contribution >= 0.6 is 0 Å². The third-order valence-corrected chi connectivity index (χ3v) is 4.16. The lowest BCUT2D eigenvalue weighted by Gasteiger charge is -2.25. The van der Waals surface area contributed by atoms with E-state index in [4.69, 9.17) is 4.42 Å². The molecule has 1 aromatic carbocycles. The van der Waals surface area contributed by atoms with Gasteiger partial charge in [-0.1, -0.05) is 30.3 Å². The van der Waals surface area contributed by atoms with Gasteiger partial charge in [-0.2, -0.15) is 0 Å². The Labute approximate surface area is 152 Å². The van der Waals surface area contributed by atoms with E-state index in [2.05, 4.69) is 29.1 Å². The van der Waals surface area contributed by atoms with E-state index in [0.717, 1.165) is 5.56 Å². The highest BCUT2D eigenvalue weighted by Crippen LogP contribution is 2.23. The van der Waals surface area contributed by atoms with E-state index in [1.165, 1.54) is 0 Å². The maximum atomic E-state index is 12.7. The average molecular weight is 350 g/mol. The van der Waals surface area contributed by atoms with Crippen LogP contribution in [0.3, 0.4) is 0 Å². The van der Waals surface area contributed by atoms with Gasteiger partial charge in [0.25, 0.3) is 5.91 Å². The summed E-state index contributed by atoms with van der Waals surface area (Å²) in [6.07, 6.45) is 3.16. The Hall–Kier alpha value is -3.15. The lowest BCUT2D eigenvalue weighted by Crippen LogP contribution is -2.31. The molecule has 0 atom stereocenters. The molecule has 26 heavy (non-hydrogen) atoms. The molecular formula is C20H22N4O2. The van der Waals surface area contributed by atoms with Crippen LogP contribution in [-0.4, -0.2) is 29.0 Å². The number of benzene rings is 1. The van der Waals surface area contributed by atoms with Crippen molar-refractivity contribution in [1.82, 2.24) is 15.3 Å². The third-order valence-electron chi connectivity index (χ3n) is 4.16. The number of carbonyl (C=O) groups excluding carboxylic acids is 1. The van der Waals surface area contributed by atoms with Crippen LogP contribution in [0, 0.1) is 0 Å². The molecule has 2 heterocycles. The fourth-order valence-corrected chi connectivity index (χ4v) is 2.45. The quantitative estimate of drug-likeness (QED) is 0.736. The Morgan fingerprint density at radius 3 is 2.62 bits per heavy atom. The first-order valence-electron chi connectivity index (χ1n) is 8.52. The van der Waals surface area contributed by atoms with Gasteiger partial charge >= 0.3 is 0 Å². The normalized spacial score (nSPS) is 10.8. The van der Waals surface area contributed by atoms with E-state index >= 15 is 0 Å². The maximum absolute atomic E-state index is 12.7. The fraction of sp³-hybridized carbons (Fsp3) is 0.250. The van der Waals surface area contributed by atoms with Crippen molar-refractivity contribution >= 4 is 11.7 Å². The van der Waals surface area contributed by atoms with E-state index in [-0.39, 0.29) is 11.9 Å². The molecule has 6 nitrogen and oxygen atoms in total. The highest BCUT2D eigenvalue weighted by Gasteiger charge is 2.20. The summed E-state index contributed by atoms with van der Waals surface area (Å²) in [4.78, 5) is 23.7. The minimum absolute atomic E-state index is 0.185. The highest BCUT2D eigenvalue weighted by atomic mass is 16.3. The lowest BCUT2D eigenvalue weighted by atomic mass is 10.2. The van der Waals surface area contributed by atoms with Gasteiger partial charge in [-0.05, 0) is 26.0 Å². The van der Waals surface area contributed by atoms with Gasteiger partial charge in [0.05, 0.1) is 12.8 Å². The second kappa shape index (κ2) is 7.82. The van der Waals surface area contributed by atoms with Crippen LogP contribution in [0.2, 0.25) is 0 Å². The lowest BCUT2D eigenvalue weighted by molar-refractivity contribution is 0.0948. The summed E-state index contributed by atoms with van der Waals surface area (Å²) in [6.45, 7) is 4.42. The second-order valence-corrected chi connectivity index (χ2v) is 6.26. The van der Waals surface area contributed by atoms with Gasteiger partial charge in [0.2, 0.25) is 0 Å². The summed E-state index contributed by atoms with van der Waals surface area (Å²) in [5.41, 5.74) is 1.35. The Morgan fingerprint density at radius 2 is 1.96 bits per heavy atom. The van der Waals surface area contributed by atoms with Crippen LogP contribution in [0.15, 0.2) is 59.3 Å². The molecule has 2 aromatic heterocycles. The first-order chi connectivity index (χ1) is 12.6. The summed E-state index contributed by atoms with van der Waals surface area (Å²) in [6, 6.07) is 13.5. The SMILES string of the molecule is CC(C)N(C)c1nc(-c2ccccc2)ncc1C(=O)NCc1ccco1. The van der Waals surface area contributed by atoms with Gasteiger partial charge in [0.15, 0.2) is 5.82 Å². The van der Waals surface area contributed by atoms with Crippen LogP contribution in [0.25, 0.3) is 11.4 Å². The zero-order valence-electron chi connectivity index (χ0n) is 15.1. The largest absolute Gasteiger partial charge is 0.467 e. The van der Waals surface area contributed by atoms with Gasteiger partial charge in [-0.3, -0.25) is 4.79 Å². The molecule has 0 bridgehead atoms. The second-order valence-electron chi connectivity index (χ2n) is 6.26. The van der Waals surface area contributed by atoms with E-state index in [0.29, 0.717) is 29.5 Å². The first-order valence-corrected chi connectivity index (χ1v) is 8.52. The summed E-state index contributed by atoms with van der Waals surface area (Å²) >= 11 is 0. The molecule has 3 aromatic rings. The van der Waals surface area contributed by atoms with Crippen molar-refractivity contribution < 1.29 is 9.21 Å². The average Bonchev–Trinajstić information content (AvgIpc) is 3.19. The number of furan rings is 1. The maximum Gasteiger partial charge on any atom is 0.256 e. The summed E-state index contributed by atoms with van der Waals surface area (Å²) in [5.74, 6) is 1.66.